The highest BCUT2D eigenvalue weighted by Gasteiger charge is 2.47. The zero-order valence-corrected chi connectivity index (χ0v) is 17.7. The molecule has 0 aromatic rings. The first-order valence-corrected chi connectivity index (χ1v) is 10.5. The van der Waals surface area contributed by atoms with Gasteiger partial charge in [0.15, 0.2) is 0 Å². The molecule has 0 spiro atoms. The Hall–Kier alpha value is -2.05. The number of nitrogens with zero attached hydrogens (tertiary/aromatic N) is 1. The van der Waals surface area contributed by atoms with E-state index in [1.807, 2.05) is 6.92 Å². The summed E-state index contributed by atoms with van der Waals surface area (Å²) in [5.41, 5.74) is 1.75. The van der Waals surface area contributed by atoms with Crippen molar-refractivity contribution in [3.05, 3.63) is 11.3 Å². The molecule has 0 aromatic carbocycles. The number of aliphatic carboxylic acids is 1. The highest BCUT2D eigenvalue weighted by molar-refractivity contribution is 5.93. The molecule has 0 amide bonds. The number of carboxylic acid groups (broad SMARTS) is 1. The van der Waals surface area contributed by atoms with Crippen molar-refractivity contribution in [2.45, 2.75) is 96.7 Å². The molecule has 0 saturated carbocycles. The average molecular weight is 394 g/mol. The number of unbranched alkanes of at least 4 members (excludes halogenated alkanes) is 4. The molecule has 3 aliphatic rings. The fourth-order valence-corrected chi connectivity index (χ4v) is 4.57. The van der Waals surface area contributed by atoms with Crippen molar-refractivity contribution in [2.24, 2.45) is 0 Å². The number of nitrogens with one attached hydrogen (secondary N) is 2. The molecule has 3 rings (SSSR count). The summed E-state index contributed by atoms with van der Waals surface area (Å²) < 4.78 is 7.40. The predicted molar refractivity (Wildman–Crippen MR) is 106 cm³/mol. The van der Waals surface area contributed by atoms with Crippen LogP contribution in [0.1, 0.15) is 78.6 Å². The van der Waals surface area contributed by atoms with E-state index in [-0.39, 0.29) is 12.0 Å². The van der Waals surface area contributed by atoms with Crippen molar-refractivity contribution in [1.29, 1.82) is 0 Å². The van der Waals surface area contributed by atoms with Gasteiger partial charge in [-0.2, -0.15) is 0 Å². The number of carbonyl (C=O) groups is 2. The van der Waals surface area contributed by atoms with Crippen LogP contribution in [0.25, 0.3) is 0 Å². The van der Waals surface area contributed by atoms with Crippen molar-refractivity contribution in [3.8, 4) is 0 Å². The van der Waals surface area contributed by atoms with Crippen LogP contribution in [0, 0.1) is 0 Å². The molecule has 1 saturated heterocycles. The van der Waals surface area contributed by atoms with Gasteiger partial charge in [-0.1, -0.05) is 39.0 Å². The molecule has 3 heterocycles. The van der Waals surface area contributed by atoms with E-state index in [2.05, 4.69) is 22.1 Å². The van der Waals surface area contributed by atoms with Crippen LogP contribution in [0.15, 0.2) is 11.3 Å². The monoisotopic (exact) mass is 393 g/mol. The fourth-order valence-electron chi connectivity index (χ4n) is 4.57. The molecule has 0 radical (unpaired) electrons. The van der Waals surface area contributed by atoms with E-state index in [9.17, 15) is 4.79 Å². The Kier molecular flexibility index (Phi) is 8.33. The summed E-state index contributed by atoms with van der Waals surface area (Å²) in [6.45, 7) is 5.22. The molecule has 0 bridgehead atoms. The number of hydrogen-bond acceptors (Lipinski definition) is 6. The minimum atomic E-state index is -1.08. The minimum absolute atomic E-state index is 0.178. The van der Waals surface area contributed by atoms with Gasteiger partial charge in [0.2, 0.25) is 0 Å². The lowest BCUT2D eigenvalue weighted by molar-refractivity contribution is -0.580. The molecule has 7 heteroatoms. The van der Waals surface area contributed by atoms with Crippen LogP contribution in [0.2, 0.25) is 0 Å². The number of methoxy groups -OCH3 is 1. The second kappa shape index (κ2) is 10.5. The molecule has 28 heavy (non-hydrogen) atoms. The van der Waals surface area contributed by atoms with Gasteiger partial charge in [0.25, 0.3) is 0 Å². The Morgan fingerprint density at radius 1 is 1.21 bits per heavy atom. The zero-order valence-electron chi connectivity index (χ0n) is 17.7. The van der Waals surface area contributed by atoms with E-state index >= 15 is 0 Å². The largest absolute Gasteiger partial charge is 0.550 e. The minimum Gasteiger partial charge on any atom is -0.550 e. The lowest BCUT2D eigenvalue weighted by Gasteiger charge is -2.33. The van der Waals surface area contributed by atoms with E-state index in [0.29, 0.717) is 12.1 Å². The third-order valence-electron chi connectivity index (χ3n) is 5.76. The molecule has 1 fully saturated rings. The Morgan fingerprint density at radius 3 is 2.54 bits per heavy atom. The van der Waals surface area contributed by atoms with Gasteiger partial charge in [-0.3, -0.25) is 9.89 Å². The molecule has 2 N–H and O–H groups in total. The quantitative estimate of drug-likeness (QED) is 0.386. The fraction of sp³-hybridized carbons (Fsp3) is 0.762. The first kappa shape index (κ1) is 22.2. The van der Waals surface area contributed by atoms with E-state index in [1.54, 1.807) is 0 Å². The van der Waals surface area contributed by atoms with Crippen molar-refractivity contribution >= 4 is 17.9 Å². The van der Waals surface area contributed by atoms with Crippen molar-refractivity contribution in [2.75, 3.05) is 7.11 Å². The summed E-state index contributed by atoms with van der Waals surface area (Å²) in [5, 5.41) is 16.0. The van der Waals surface area contributed by atoms with Gasteiger partial charge in [0.1, 0.15) is 11.6 Å². The number of allylic oxidation sites excluding steroid dienone is 1. The highest BCUT2D eigenvalue weighted by atomic mass is 16.5. The van der Waals surface area contributed by atoms with Crippen LogP contribution in [0.5, 0.6) is 0 Å². The van der Waals surface area contributed by atoms with Crippen LogP contribution >= 0.6 is 0 Å². The van der Waals surface area contributed by atoms with Gasteiger partial charge < -0.3 is 14.6 Å². The predicted octanol–water partition coefficient (Wildman–Crippen LogP) is 1.41. The van der Waals surface area contributed by atoms with Crippen LogP contribution < -0.4 is 15.7 Å². The summed E-state index contributed by atoms with van der Waals surface area (Å²) in [7, 11) is 1.47. The summed E-state index contributed by atoms with van der Waals surface area (Å²) >= 11 is 0. The molecule has 0 aliphatic carbocycles. The standard InChI is InChI=1S/C19H31N3O2.C2H4O2/c1-4-5-6-7-8-9-14-12-15-10-11-16-17(18(23)24-3)13(2)20-19(21-14)22(15)16;1-2(3)4/h14-16H,4-12H2,1-3H3,(H,20,21,23);1H3,(H,3,4)/t14-,15+,16-;/m0./s1. The van der Waals surface area contributed by atoms with E-state index in [4.69, 9.17) is 14.6 Å². The van der Waals surface area contributed by atoms with Gasteiger partial charge >= 0.3 is 11.9 Å². The van der Waals surface area contributed by atoms with Gasteiger partial charge in [0.05, 0.1) is 24.9 Å². The number of esters is 1. The Balaban J connectivity index is 0.000000640. The highest BCUT2D eigenvalue weighted by Crippen LogP contribution is 2.34. The third-order valence-corrected chi connectivity index (χ3v) is 5.76. The topological polar surface area (TPSA) is 93.5 Å². The number of carboxylic acids is 1. The Morgan fingerprint density at radius 2 is 1.89 bits per heavy atom. The number of rotatable bonds is 7. The van der Waals surface area contributed by atoms with Crippen LogP contribution in [-0.4, -0.2) is 47.7 Å². The van der Waals surface area contributed by atoms with Crippen LogP contribution in [-0.2, 0) is 14.3 Å². The Labute approximate surface area is 168 Å². The van der Waals surface area contributed by atoms with E-state index in [1.165, 1.54) is 52.1 Å². The smallest absolute Gasteiger partial charge is 0.351 e. The Bertz CT molecular complexity index is 638. The van der Waals surface area contributed by atoms with Crippen molar-refractivity contribution in [3.63, 3.8) is 0 Å². The molecule has 0 aromatic heterocycles. The summed E-state index contributed by atoms with van der Waals surface area (Å²) in [6.07, 6.45) is 11.3. The van der Waals surface area contributed by atoms with Crippen molar-refractivity contribution < 1.29 is 24.0 Å². The maximum atomic E-state index is 12.2. The van der Waals surface area contributed by atoms with Gasteiger partial charge in [-0.05, 0) is 33.1 Å². The molecule has 7 nitrogen and oxygen atoms in total. The maximum Gasteiger partial charge on any atom is 0.351 e. The lowest BCUT2D eigenvalue weighted by atomic mass is 9.98. The first-order chi connectivity index (χ1) is 13.4. The average Bonchev–Trinajstić information content (AvgIpc) is 3.05. The van der Waals surface area contributed by atoms with Crippen molar-refractivity contribution in [1.82, 2.24) is 10.6 Å². The number of hydrogen-bond donors (Lipinski definition) is 2. The number of guanidine groups is 1. The second-order valence-electron chi connectivity index (χ2n) is 7.93. The summed E-state index contributed by atoms with van der Waals surface area (Å²) in [6, 6.07) is 1.28. The molecule has 3 aliphatic heterocycles. The molecular formula is C21H35N3O4. The van der Waals surface area contributed by atoms with Crippen LogP contribution in [0.3, 0.4) is 0 Å². The van der Waals surface area contributed by atoms with E-state index in [0.717, 1.165) is 37.0 Å². The molecule has 158 valence electrons. The first-order valence-electron chi connectivity index (χ1n) is 10.5. The van der Waals surface area contributed by atoms with Crippen LogP contribution in [0.4, 0.5) is 0 Å². The third kappa shape index (κ3) is 5.49. The molecule has 3 atom stereocenters. The molecule has 0 unspecified atom stereocenters. The van der Waals surface area contributed by atoms with E-state index < -0.39 is 5.97 Å². The summed E-state index contributed by atoms with van der Waals surface area (Å²) in [5.74, 6) is -0.166. The molecular weight excluding hydrogens is 358 g/mol. The zero-order chi connectivity index (χ0) is 20.7. The second-order valence-corrected chi connectivity index (χ2v) is 7.93. The SMILES string of the molecule is CC(=O)[O-].CCCCCCC[C@H]1C[C@H]2CC[C@H]3C(C(=O)OC)=C(C)NC(=[N+]23)N1. The normalized spacial score (nSPS) is 25.2. The maximum absolute atomic E-state index is 12.2. The number of carbonyl (C=O) groups excluding carboxylic acids is 2. The van der Waals surface area contributed by atoms with Gasteiger partial charge in [-0.25, -0.2) is 10.1 Å². The van der Waals surface area contributed by atoms with Gasteiger partial charge in [0, 0.05) is 12.4 Å². The number of ether oxygens (including phenoxy) is 1. The summed E-state index contributed by atoms with van der Waals surface area (Å²) in [4.78, 5) is 21.0. The lowest BCUT2D eigenvalue weighted by Crippen LogP contribution is -2.59. The van der Waals surface area contributed by atoms with Gasteiger partial charge in [-0.15, -0.1) is 0 Å².